The molecule has 3 N–H and O–H groups in total. The minimum absolute atomic E-state index is 0.0517. The second-order valence-electron chi connectivity index (χ2n) is 5.25. The van der Waals surface area contributed by atoms with Crippen molar-refractivity contribution >= 4 is 0 Å². The van der Waals surface area contributed by atoms with E-state index in [2.05, 4.69) is 19.2 Å². The zero-order valence-electron chi connectivity index (χ0n) is 10.7. The monoisotopic (exact) mass is 229 g/mol. The van der Waals surface area contributed by atoms with Crippen LogP contribution in [0.2, 0.25) is 0 Å². The van der Waals surface area contributed by atoms with Gasteiger partial charge in [-0.2, -0.15) is 0 Å². The van der Waals surface area contributed by atoms with Gasteiger partial charge in [-0.1, -0.05) is 13.8 Å². The Morgan fingerprint density at radius 3 is 2.12 bits per heavy atom. The average molecular weight is 229 g/mol. The summed E-state index contributed by atoms with van der Waals surface area (Å²) in [6, 6.07) is 0.535. The third-order valence-electron chi connectivity index (χ3n) is 4.30. The van der Waals surface area contributed by atoms with Gasteiger partial charge < -0.3 is 15.5 Å². The Morgan fingerprint density at radius 1 is 1.12 bits per heavy atom. The third-order valence-corrected chi connectivity index (χ3v) is 4.30. The number of nitrogens with one attached hydrogen (secondary N) is 1. The molecule has 0 atom stereocenters. The summed E-state index contributed by atoms with van der Waals surface area (Å²) in [5, 5.41) is 22.5. The van der Waals surface area contributed by atoms with Crippen molar-refractivity contribution in [3.8, 4) is 0 Å². The van der Waals surface area contributed by atoms with Gasteiger partial charge >= 0.3 is 0 Å². The van der Waals surface area contributed by atoms with Crippen molar-refractivity contribution in [3.05, 3.63) is 0 Å². The molecule has 3 heteroatoms. The minimum Gasteiger partial charge on any atom is -0.396 e. The average Bonchev–Trinajstić information content (AvgIpc) is 2.34. The van der Waals surface area contributed by atoms with Gasteiger partial charge in [0.25, 0.3) is 0 Å². The van der Waals surface area contributed by atoms with Gasteiger partial charge in [-0.25, -0.2) is 0 Å². The molecule has 0 aliphatic heterocycles. The minimum atomic E-state index is -0.0852. The SMILES string of the molecule is CCC(CC)(CO)CNC1CCC(O)CC1. The number of hydrogen-bond donors (Lipinski definition) is 3. The standard InChI is InChI=1S/C13H27NO2/c1-3-13(4-2,10-15)9-14-11-5-7-12(16)8-6-11/h11-12,14-16H,3-10H2,1-2H3. The molecule has 3 nitrogen and oxygen atoms in total. The van der Waals surface area contributed by atoms with Crippen LogP contribution in [0.15, 0.2) is 0 Å². The van der Waals surface area contributed by atoms with Gasteiger partial charge in [0.15, 0.2) is 0 Å². The third kappa shape index (κ3) is 3.72. The van der Waals surface area contributed by atoms with E-state index in [1.165, 1.54) is 0 Å². The number of aliphatic hydroxyl groups excluding tert-OH is 2. The van der Waals surface area contributed by atoms with Crippen molar-refractivity contribution in [2.45, 2.75) is 64.5 Å². The summed E-state index contributed by atoms with van der Waals surface area (Å²) in [5.74, 6) is 0. The molecule has 0 unspecified atom stereocenters. The van der Waals surface area contributed by atoms with Crippen molar-refractivity contribution < 1.29 is 10.2 Å². The highest BCUT2D eigenvalue weighted by atomic mass is 16.3. The molecule has 96 valence electrons. The fourth-order valence-corrected chi connectivity index (χ4v) is 2.42. The number of aliphatic hydroxyl groups is 2. The van der Waals surface area contributed by atoms with Crippen LogP contribution >= 0.6 is 0 Å². The lowest BCUT2D eigenvalue weighted by Crippen LogP contribution is -2.43. The summed E-state index contributed by atoms with van der Waals surface area (Å²) >= 11 is 0. The van der Waals surface area contributed by atoms with E-state index < -0.39 is 0 Å². The van der Waals surface area contributed by atoms with E-state index in [1.807, 2.05) is 0 Å². The summed E-state index contributed by atoms with van der Waals surface area (Å²) in [7, 11) is 0. The molecule has 1 fully saturated rings. The molecule has 0 heterocycles. The normalized spacial score (nSPS) is 27.0. The number of rotatable bonds is 6. The van der Waals surface area contributed by atoms with Crippen LogP contribution in [-0.4, -0.2) is 35.5 Å². The van der Waals surface area contributed by atoms with Gasteiger partial charge in [-0.15, -0.1) is 0 Å². The Hall–Kier alpha value is -0.120. The lowest BCUT2D eigenvalue weighted by molar-refractivity contribution is 0.0915. The van der Waals surface area contributed by atoms with E-state index in [1.54, 1.807) is 0 Å². The zero-order valence-corrected chi connectivity index (χ0v) is 10.7. The molecular weight excluding hydrogens is 202 g/mol. The van der Waals surface area contributed by atoms with Crippen molar-refractivity contribution in [1.29, 1.82) is 0 Å². The fraction of sp³-hybridized carbons (Fsp3) is 1.00. The van der Waals surface area contributed by atoms with Crippen LogP contribution in [0.5, 0.6) is 0 Å². The van der Waals surface area contributed by atoms with Gasteiger partial charge in [-0.3, -0.25) is 0 Å². The molecule has 1 rings (SSSR count). The molecule has 1 aliphatic rings. The molecule has 1 saturated carbocycles. The van der Waals surface area contributed by atoms with E-state index >= 15 is 0 Å². The van der Waals surface area contributed by atoms with Crippen LogP contribution < -0.4 is 5.32 Å². The van der Waals surface area contributed by atoms with Gasteiger partial charge in [0.05, 0.1) is 6.10 Å². The lowest BCUT2D eigenvalue weighted by Gasteiger charge is -2.34. The molecule has 0 amide bonds. The largest absolute Gasteiger partial charge is 0.396 e. The van der Waals surface area contributed by atoms with Crippen molar-refractivity contribution in [3.63, 3.8) is 0 Å². The second kappa shape index (κ2) is 6.58. The summed E-state index contributed by atoms with van der Waals surface area (Å²) < 4.78 is 0. The van der Waals surface area contributed by atoms with Crippen molar-refractivity contribution in [2.75, 3.05) is 13.2 Å². The molecular formula is C13H27NO2. The zero-order chi connectivity index (χ0) is 12.0. The summed E-state index contributed by atoms with van der Waals surface area (Å²) in [4.78, 5) is 0. The maximum absolute atomic E-state index is 9.47. The molecule has 16 heavy (non-hydrogen) atoms. The summed E-state index contributed by atoms with van der Waals surface area (Å²) in [5.41, 5.74) is 0.0517. The van der Waals surface area contributed by atoms with E-state index in [9.17, 15) is 10.2 Å². The smallest absolute Gasteiger partial charge is 0.0541 e. The summed E-state index contributed by atoms with van der Waals surface area (Å²) in [6.45, 7) is 5.46. The van der Waals surface area contributed by atoms with E-state index in [0.29, 0.717) is 6.04 Å². The first-order valence-corrected chi connectivity index (χ1v) is 6.68. The molecule has 0 radical (unpaired) electrons. The van der Waals surface area contributed by atoms with Gasteiger partial charge in [0.2, 0.25) is 0 Å². The predicted octanol–water partition coefficient (Wildman–Crippen LogP) is 1.68. The van der Waals surface area contributed by atoms with E-state index in [4.69, 9.17) is 0 Å². The Bertz CT molecular complexity index is 176. The van der Waals surface area contributed by atoms with Gasteiger partial charge in [0.1, 0.15) is 0 Å². The second-order valence-corrected chi connectivity index (χ2v) is 5.25. The fourth-order valence-electron chi connectivity index (χ4n) is 2.42. The molecule has 1 aliphatic carbocycles. The maximum atomic E-state index is 9.47. The number of hydrogen-bond acceptors (Lipinski definition) is 3. The predicted molar refractivity (Wildman–Crippen MR) is 66.4 cm³/mol. The van der Waals surface area contributed by atoms with Gasteiger partial charge in [-0.05, 0) is 38.5 Å². The van der Waals surface area contributed by atoms with E-state index in [-0.39, 0.29) is 18.1 Å². The summed E-state index contributed by atoms with van der Waals surface area (Å²) in [6.07, 6.45) is 5.92. The van der Waals surface area contributed by atoms with Crippen LogP contribution in [0.1, 0.15) is 52.4 Å². The van der Waals surface area contributed by atoms with Crippen molar-refractivity contribution in [2.24, 2.45) is 5.41 Å². The highest BCUT2D eigenvalue weighted by molar-refractivity contribution is 4.83. The topological polar surface area (TPSA) is 52.5 Å². The van der Waals surface area contributed by atoms with Crippen LogP contribution in [0.4, 0.5) is 0 Å². The Labute approximate surface area is 99.3 Å². The maximum Gasteiger partial charge on any atom is 0.0541 e. The molecule has 0 saturated heterocycles. The van der Waals surface area contributed by atoms with Crippen LogP contribution in [0, 0.1) is 5.41 Å². The van der Waals surface area contributed by atoms with E-state index in [0.717, 1.165) is 45.1 Å². The quantitative estimate of drug-likeness (QED) is 0.649. The van der Waals surface area contributed by atoms with Crippen LogP contribution in [0.25, 0.3) is 0 Å². The van der Waals surface area contributed by atoms with Crippen molar-refractivity contribution in [1.82, 2.24) is 5.32 Å². The lowest BCUT2D eigenvalue weighted by atomic mass is 9.82. The first-order valence-electron chi connectivity index (χ1n) is 6.68. The Kier molecular flexibility index (Phi) is 5.73. The van der Waals surface area contributed by atoms with Crippen LogP contribution in [-0.2, 0) is 0 Å². The first-order chi connectivity index (χ1) is 7.65. The molecule has 0 aromatic carbocycles. The Morgan fingerprint density at radius 2 is 1.69 bits per heavy atom. The highest BCUT2D eigenvalue weighted by Gasteiger charge is 2.27. The highest BCUT2D eigenvalue weighted by Crippen LogP contribution is 2.26. The first kappa shape index (κ1) is 13.9. The Balaban J connectivity index is 2.32. The molecule has 0 aromatic rings. The van der Waals surface area contributed by atoms with Crippen LogP contribution in [0.3, 0.4) is 0 Å². The molecule has 0 bridgehead atoms. The molecule has 0 aromatic heterocycles. The van der Waals surface area contributed by atoms with Gasteiger partial charge in [0, 0.05) is 24.6 Å². The molecule has 0 spiro atoms.